The van der Waals surface area contributed by atoms with Crippen LogP contribution in [0.4, 0.5) is 8.78 Å². The molecule has 1 saturated heterocycles. The first-order valence-corrected chi connectivity index (χ1v) is 9.63. The van der Waals surface area contributed by atoms with Crippen molar-refractivity contribution in [1.29, 1.82) is 0 Å². The molecule has 150 valence electrons. The number of hydrogen-bond acceptors (Lipinski definition) is 5. The van der Waals surface area contributed by atoms with Crippen LogP contribution in [0.5, 0.6) is 0 Å². The zero-order chi connectivity index (χ0) is 20.3. The number of halogens is 3. The van der Waals surface area contributed by atoms with Crippen molar-refractivity contribution >= 4 is 33.5 Å². The van der Waals surface area contributed by atoms with Crippen molar-refractivity contribution in [3.8, 4) is 0 Å². The van der Waals surface area contributed by atoms with Crippen molar-refractivity contribution < 1.29 is 13.3 Å². The van der Waals surface area contributed by atoms with Gasteiger partial charge in [-0.05, 0) is 32.2 Å². The topological polar surface area (TPSA) is 60.0 Å². The fourth-order valence-electron chi connectivity index (χ4n) is 4.15. The molecular weight excluding hydrogens is 400 g/mol. The third-order valence-electron chi connectivity index (χ3n) is 5.33. The van der Waals surface area contributed by atoms with E-state index in [1.54, 1.807) is 53.9 Å². The van der Waals surface area contributed by atoms with Gasteiger partial charge in [-0.25, -0.2) is 13.8 Å². The van der Waals surface area contributed by atoms with E-state index in [2.05, 4.69) is 15.1 Å². The van der Waals surface area contributed by atoms with Gasteiger partial charge < -0.3 is 9.09 Å². The first kappa shape index (κ1) is 18.4. The number of fused-ring (bicyclic) bond motifs is 3. The largest absolute Gasteiger partial charge is 0.361 e. The molecule has 0 aliphatic carbocycles. The van der Waals surface area contributed by atoms with Gasteiger partial charge in [0.15, 0.2) is 0 Å². The minimum Gasteiger partial charge on any atom is -0.361 e. The van der Waals surface area contributed by atoms with E-state index in [1.807, 2.05) is 0 Å². The van der Waals surface area contributed by atoms with Gasteiger partial charge in [-0.15, -0.1) is 0 Å². The van der Waals surface area contributed by atoms with Crippen LogP contribution in [0.15, 0.2) is 35.0 Å². The summed E-state index contributed by atoms with van der Waals surface area (Å²) in [6.07, 6.45) is 1.90. The molecule has 0 spiro atoms. The Balaban J connectivity index is 1.79. The Morgan fingerprint density at radius 1 is 1.28 bits per heavy atom. The fraction of sp³-hybridized carbons (Fsp3) is 0.350. The minimum absolute atomic E-state index is 0.216. The number of nitrogens with zero attached hydrogens (tertiary/aromatic N) is 5. The van der Waals surface area contributed by atoms with Crippen molar-refractivity contribution in [2.75, 3.05) is 20.1 Å². The minimum atomic E-state index is -2.90. The molecule has 29 heavy (non-hydrogen) atoms. The SMILES string of the molecule is Cc1cc(Cc2nc3cnc4ccc(Cl)cc4c3n2C2CN(C)CC2(F)F)no1. The summed E-state index contributed by atoms with van der Waals surface area (Å²) >= 11 is 6.21. The van der Waals surface area contributed by atoms with Crippen LogP contribution in [0.1, 0.15) is 23.3 Å². The number of likely N-dealkylation sites (tertiary alicyclic amines) is 1. The number of alkyl halides is 2. The second-order valence-corrected chi connectivity index (χ2v) is 8.07. The average molecular weight is 418 g/mol. The van der Waals surface area contributed by atoms with Crippen LogP contribution in [0.3, 0.4) is 0 Å². The zero-order valence-corrected chi connectivity index (χ0v) is 16.6. The lowest BCUT2D eigenvalue weighted by atomic mass is 10.1. The maximum Gasteiger partial charge on any atom is 0.282 e. The van der Waals surface area contributed by atoms with E-state index in [0.29, 0.717) is 44.2 Å². The lowest BCUT2D eigenvalue weighted by Crippen LogP contribution is -2.30. The number of imidazole rings is 1. The van der Waals surface area contributed by atoms with Gasteiger partial charge in [-0.3, -0.25) is 9.88 Å². The van der Waals surface area contributed by atoms with Crippen molar-refractivity contribution in [2.24, 2.45) is 0 Å². The summed E-state index contributed by atoms with van der Waals surface area (Å²) in [5.74, 6) is -1.74. The van der Waals surface area contributed by atoms with Crippen molar-refractivity contribution in [3.05, 3.63) is 52.8 Å². The highest BCUT2D eigenvalue weighted by Crippen LogP contribution is 2.40. The predicted molar refractivity (Wildman–Crippen MR) is 106 cm³/mol. The molecule has 1 aromatic carbocycles. The quantitative estimate of drug-likeness (QED) is 0.499. The van der Waals surface area contributed by atoms with Gasteiger partial charge in [0, 0.05) is 23.0 Å². The second kappa shape index (κ2) is 6.47. The Morgan fingerprint density at radius 3 is 2.79 bits per heavy atom. The monoisotopic (exact) mass is 417 g/mol. The predicted octanol–water partition coefficient (Wildman–Crippen LogP) is 4.25. The van der Waals surface area contributed by atoms with Gasteiger partial charge in [0.25, 0.3) is 5.92 Å². The number of aromatic nitrogens is 4. The maximum atomic E-state index is 15.0. The van der Waals surface area contributed by atoms with Crippen LogP contribution >= 0.6 is 11.6 Å². The molecule has 1 aliphatic heterocycles. The Bertz CT molecular complexity index is 1230. The van der Waals surface area contributed by atoms with E-state index >= 15 is 0 Å². The molecule has 1 unspecified atom stereocenters. The molecule has 1 aliphatic rings. The van der Waals surface area contributed by atoms with Crippen molar-refractivity contribution in [2.45, 2.75) is 25.3 Å². The van der Waals surface area contributed by atoms with Gasteiger partial charge in [-0.2, -0.15) is 0 Å². The summed E-state index contributed by atoms with van der Waals surface area (Å²) in [5.41, 5.74) is 2.50. The van der Waals surface area contributed by atoms with Gasteiger partial charge in [0.05, 0.1) is 35.9 Å². The highest BCUT2D eigenvalue weighted by Gasteiger charge is 2.49. The van der Waals surface area contributed by atoms with Crippen LogP contribution in [0.25, 0.3) is 21.9 Å². The standard InChI is InChI=1S/C20H18ClF2N5O/c1-11-5-13(26-29-11)7-18-25-16-8-24-15-4-3-12(21)6-14(15)19(16)28(18)17-9-27(2)10-20(17,22)23/h3-6,8,17H,7,9-10H2,1-2H3. The highest BCUT2D eigenvalue weighted by atomic mass is 35.5. The van der Waals surface area contributed by atoms with E-state index in [4.69, 9.17) is 16.1 Å². The zero-order valence-electron chi connectivity index (χ0n) is 15.9. The van der Waals surface area contributed by atoms with Crippen molar-refractivity contribution in [3.63, 3.8) is 0 Å². The Hall–Kier alpha value is -2.58. The highest BCUT2D eigenvalue weighted by molar-refractivity contribution is 6.31. The van der Waals surface area contributed by atoms with E-state index in [-0.39, 0.29) is 19.5 Å². The first-order valence-electron chi connectivity index (χ1n) is 9.25. The summed E-state index contributed by atoms with van der Waals surface area (Å²) in [7, 11) is 1.70. The third-order valence-corrected chi connectivity index (χ3v) is 5.57. The number of benzene rings is 1. The summed E-state index contributed by atoms with van der Waals surface area (Å²) < 4.78 is 36.8. The number of likely N-dealkylation sites (N-methyl/N-ethyl adjacent to an activating group) is 1. The Labute approximate surface area is 170 Å². The van der Waals surface area contributed by atoms with E-state index in [0.717, 1.165) is 0 Å². The molecule has 9 heteroatoms. The molecule has 3 aromatic heterocycles. The van der Waals surface area contributed by atoms with Crippen LogP contribution < -0.4 is 0 Å². The lowest BCUT2D eigenvalue weighted by molar-refractivity contribution is -0.0200. The molecule has 0 bridgehead atoms. The third kappa shape index (κ3) is 3.07. The molecule has 1 atom stereocenters. The molecule has 6 nitrogen and oxygen atoms in total. The molecular formula is C20H18ClF2N5O. The number of pyridine rings is 1. The van der Waals surface area contributed by atoms with E-state index < -0.39 is 12.0 Å². The summed E-state index contributed by atoms with van der Waals surface area (Å²) in [6.45, 7) is 1.70. The fourth-order valence-corrected chi connectivity index (χ4v) is 4.32. The molecule has 5 rings (SSSR count). The van der Waals surface area contributed by atoms with Crippen LogP contribution in [-0.2, 0) is 6.42 Å². The number of hydrogen-bond donors (Lipinski definition) is 0. The molecule has 0 N–H and O–H groups in total. The average Bonchev–Trinajstić information content (AvgIpc) is 3.29. The van der Waals surface area contributed by atoms with Gasteiger partial charge >= 0.3 is 0 Å². The lowest BCUT2D eigenvalue weighted by Gasteiger charge is -2.22. The summed E-state index contributed by atoms with van der Waals surface area (Å²) in [6, 6.07) is 6.01. The normalized spacial score (nSPS) is 19.6. The van der Waals surface area contributed by atoms with Crippen LogP contribution in [0.2, 0.25) is 5.02 Å². The Kier molecular flexibility index (Phi) is 4.11. The maximum absolute atomic E-state index is 15.0. The second-order valence-electron chi connectivity index (χ2n) is 7.63. The Morgan fingerprint density at radius 2 is 2.10 bits per heavy atom. The van der Waals surface area contributed by atoms with Crippen molar-refractivity contribution in [1.82, 2.24) is 24.6 Å². The number of aryl methyl sites for hydroxylation is 1. The molecule has 4 heterocycles. The van der Waals surface area contributed by atoms with Gasteiger partial charge in [0.2, 0.25) is 0 Å². The van der Waals surface area contributed by atoms with Crippen LogP contribution in [-0.4, -0.2) is 50.7 Å². The molecule has 0 amide bonds. The van der Waals surface area contributed by atoms with E-state index in [9.17, 15) is 8.78 Å². The molecule has 0 saturated carbocycles. The molecule has 1 fully saturated rings. The summed E-state index contributed by atoms with van der Waals surface area (Å²) in [4.78, 5) is 10.7. The first-order chi connectivity index (χ1) is 13.8. The summed E-state index contributed by atoms with van der Waals surface area (Å²) in [5, 5.41) is 5.23. The molecule has 0 radical (unpaired) electrons. The number of rotatable bonds is 3. The van der Waals surface area contributed by atoms with Gasteiger partial charge in [-0.1, -0.05) is 16.8 Å². The van der Waals surface area contributed by atoms with E-state index in [1.165, 1.54) is 0 Å². The smallest absolute Gasteiger partial charge is 0.282 e. The molecule has 4 aromatic rings. The van der Waals surface area contributed by atoms with Crippen LogP contribution in [0, 0.1) is 6.92 Å². The van der Waals surface area contributed by atoms with Gasteiger partial charge in [0.1, 0.15) is 23.1 Å².